The van der Waals surface area contributed by atoms with E-state index in [0.717, 1.165) is 45.2 Å². The Kier molecular flexibility index (Phi) is 6.82. The van der Waals surface area contributed by atoms with E-state index in [-0.39, 0.29) is 23.9 Å². The molecule has 2 saturated carbocycles. The summed E-state index contributed by atoms with van der Waals surface area (Å²) in [6.45, 7) is 6.06. The molecule has 3 unspecified atom stereocenters. The molecule has 0 aromatic rings. The maximum Gasteiger partial charge on any atom is 0.317 e. The minimum atomic E-state index is 0.0907. The molecule has 1 heterocycles. The Morgan fingerprint density at radius 3 is 2.19 bits per heavy atom. The number of carbonyl (C=O) groups excluding carboxylic acids is 2. The number of piperidine rings is 1. The smallest absolute Gasteiger partial charge is 0.317 e. The van der Waals surface area contributed by atoms with Crippen LogP contribution in [0.25, 0.3) is 0 Å². The van der Waals surface area contributed by atoms with Crippen LogP contribution in [-0.2, 0) is 4.79 Å². The topological polar surface area (TPSA) is 61.4 Å². The monoisotopic (exact) mass is 363 g/mol. The highest BCUT2D eigenvalue weighted by Crippen LogP contribution is 2.29. The van der Waals surface area contributed by atoms with Crippen LogP contribution in [0, 0.1) is 17.8 Å². The Labute approximate surface area is 158 Å². The summed E-state index contributed by atoms with van der Waals surface area (Å²) < 4.78 is 0. The van der Waals surface area contributed by atoms with Gasteiger partial charge in [0.15, 0.2) is 0 Å². The molecule has 5 heteroatoms. The Bertz CT molecular complexity index is 482. The van der Waals surface area contributed by atoms with E-state index in [0.29, 0.717) is 17.9 Å². The lowest BCUT2D eigenvalue weighted by Gasteiger charge is -2.38. The fraction of sp³-hybridized carbons (Fsp3) is 0.905. The van der Waals surface area contributed by atoms with Crippen LogP contribution in [0.4, 0.5) is 4.79 Å². The lowest BCUT2D eigenvalue weighted by Crippen LogP contribution is -2.53. The number of rotatable bonds is 3. The molecule has 0 spiro atoms. The predicted molar refractivity (Wildman–Crippen MR) is 104 cm³/mol. The Hall–Kier alpha value is -1.26. The van der Waals surface area contributed by atoms with E-state index in [4.69, 9.17) is 0 Å². The fourth-order valence-corrected chi connectivity index (χ4v) is 4.95. The minimum absolute atomic E-state index is 0.0907. The second-order valence-electron chi connectivity index (χ2n) is 8.93. The maximum absolute atomic E-state index is 12.6. The van der Waals surface area contributed by atoms with Crippen LogP contribution in [-0.4, -0.2) is 42.0 Å². The Morgan fingerprint density at radius 1 is 0.808 bits per heavy atom. The summed E-state index contributed by atoms with van der Waals surface area (Å²) in [4.78, 5) is 27.0. The molecule has 3 fully saturated rings. The molecule has 5 nitrogen and oxygen atoms in total. The number of hydrogen-bond acceptors (Lipinski definition) is 2. The van der Waals surface area contributed by atoms with Crippen LogP contribution in [0.2, 0.25) is 0 Å². The molecule has 1 aliphatic heterocycles. The summed E-state index contributed by atoms with van der Waals surface area (Å²) in [7, 11) is 0. The highest BCUT2D eigenvalue weighted by atomic mass is 16.2. The number of nitrogens with one attached hydrogen (secondary N) is 2. The first kappa shape index (κ1) is 19.5. The van der Waals surface area contributed by atoms with Crippen LogP contribution in [0.1, 0.15) is 78.1 Å². The molecule has 148 valence electrons. The molecule has 3 aliphatic rings. The van der Waals surface area contributed by atoms with Crippen LogP contribution in [0.15, 0.2) is 0 Å². The van der Waals surface area contributed by atoms with Crippen molar-refractivity contribution < 1.29 is 9.59 Å². The average Bonchev–Trinajstić information content (AvgIpc) is 2.66. The van der Waals surface area contributed by atoms with Gasteiger partial charge in [0, 0.05) is 31.1 Å². The molecule has 3 rings (SSSR count). The summed E-state index contributed by atoms with van der Waals surface area (Å²) in [6.07, 6.45) is 11.1. The number of likely N-dealkylation sites (tertiary alicyclic amines) is 1. The third-order valence-corrected chi connectivity index (χ3v) is 7.12. The summed E-state index contributed by atoms with van der Waals surface area (Å²) in [6, 6.07) is 0.644. The molecule has 26 heavy (non-hydrogen) atoms. The zero-order valence-corrected chi connectivity index (χ0v) is 16.6. The van der Waals surface area contributed by atoms with Gasteiger partial charge in [-0.15, -0.1) is 0 Å². The largest absolute Gasteiger partial charge is 0.353 e. The number of hydrogen-bond donors (Lipinski definition) is 2. The Balaban J connectivity index is 1.40. The first-order chi connectivity index (χ1) is 12.5. The maximum atomic E-state index is 12.6. The highest BCUT2D eigenvalue weighted by molar-refractivity contribution is 5.79. The molecular formula is C21H37N3O2. The lowest BCUT2D eigenvalue weighted by molar-refractivity contribution is -0.126. The van der Waals surface area contributed by atoms with Gasteiger partial charge in [0.05, 0.1) is 0 Å². The molecule has 3 amide bonds. The first-order valence-corrected chi connectivity index (χ1v) is 10.9. The van der Waals surface area contributed by atoms with Crippen molar-refractivity contribution in [1.29, 1.82) is 0 Å². The zero-order chi connectivity index (χ0) is 18.5. The number of nitrogens with zero attached hydrogens (tertiary/aromatic N) is 1. The molecule has 1 saturated heterocycles. The molecule has 3 atom stereocenters. The third-order valence-electron chi connectivity index (χ3n) is 7.12. The van der Waals surface area contributed by atoms with Gasteiger partial charge in [-0.05, 0) is 43.9 Å². The summed E-state index contributed by atoms with van der Waals surface area (Å²) in [5.74, 6) is 1.72. The van der Waals surface area contributed by atoms with Gasteiger partial charge < -0.3 is 15.5 Å². The molecular weight excluding hydrogens is 326 g/mol. The third kappa shape index (κ3) is 4.92. The van der Waals surface area contributed by atoms with Gasteiger partial charge >= 0.3 is 6.03 Å². The van der Waals surface area contributed by atoms with E-state index >= 15 is 0 Å². The molecule has 0 radical (unpaired) electrons. The minimum Gasteiger partial charge on any atom is -0.353 e. The number of carbonyl (C=O) groups is 2. The highest BCUT2D eigenvalue weighted by Gasteiger charge is 2.31. The van der Waals surface area contributed by atoms with Crippen molar-refractivity contribution in [1.82, 2.24) is 15.5 Å². The SMILES string of the molecule is CC1CCCC(NC(=O)N2CCC(NC(=O)C3CCCCC3)CC2)C1C. The lowest BCUT2D eigenvalue weighted by atomic mass is 9.78. The first-order valence-electron chi connectivity index (χ1n) is 10.9. The second kappa shape index (κ2) is 9.09. The molecule has 0 aromatic heterocycles. The predicted octanol–water partition coefficient (Wildman–Crippen LogP) is 3.68. The van der Waals surface area contributed by atoms with Crippen LogP contribution in [0.3, 0.4) is 0 Å². The number of urea groups is 1. The quantitative estimate of drug-likeness (QED) is 0.803. The van der Waals surface area contributed by atoms with Crippen molar-refractivity contribution in [2.75, 3.05) is 13.1 Å². The van der Waals surface area contributed by atoms with Gasteiger partial charge in [0.2, 0.25) is 5.91 Å². The van der Waals surface area contributed by atoms with Crippen molar-refractivity contribution in [2.24, 2.45) is 17.8 Å². The normalized spacial score (nSPS) is 31.5. The van der Waals surface area contributed by atoms with Crippen LogP contribution >= 0.6 is 0 Å². The van der Waals surface area contributed by atoms with Crippen LogP contribution in [0.5, 0.6) is 0 Å². The summed E-state index contributed by atoms with van der Waals surface area (Å²) in [5.41, 5.74) is 0. The van der Waals surface area contributed by atoms with E-state index in [1.165, 1.54) is 32.1 Å². The van der Waals surface area contributed by atoms with E-state index in [1.807, 2.05) is 4.90 Å². The zero-order valence-electron chi connectivity index (χ0n) is 16.6. The summed E-state index contributed by atoms with van der Waals surface area (Å²) in [5, 5.41) is 6.52. The van der Waals surface area contributed by atoms with Crippen LogP contribution < -0.4 is 10.6 Å². The fourth-order valence-electron chi connectivity index (χ4n) is 4.95. The Morgan fingerprint density at radius 2 is 1.50 bits per heavy atom. The average molecular weight is 364 g/mol. The van der Waals surface area contributed by atoms with Gasteiger partial charge in [0.1, 0.15) is 0 Å². The van der Waals surface area contributed by atoms with Crippen molar-refractivity contribution >= 4 is 11.9 Å². The summed E-state index contributed by atoms with van der Waals surface area (Å²) >= 11 is 0. The van der Waals surface area contributed by atoms with E-state index in [9.17, 15) is 9.59 Å². The molecule has 0 bridgehead atoms. The van der Waals surface area contributed by atoms with Crippen molar-refractivity contribution in [3.63, 3.8) is 0 Å². The van der Waals surface area contributed by atoms with Gasteiger partial charge in [-0.25, -0.2) is 4.79 Å². The van der Waals surface area contributed by atoms with Crippen molar-refractivity contribution in [3.05, 3.63) is 0 Å². The molecule has 0 aromatic carbocycles. The van der Waals surface area contributed by atoms with Crippen molar-refractivity contribution in [2.45, 2.75) is 90.1 Å². The van der Waals surface area contributed by atoms with Gasteiger partial charge in [0.25, 0.3) is 0 Å². The number of amides is 3. The van der Waals surface area contributed by atoms with Gasteiger partial charge in [-0.2, -0.15) is 0 Å². The molecule has 2 N–H and O–H groups in total. The van der Waals surface area contributed by atoms with Crippen molar-refractivity contribution in [3.8, 4) is 0 Å². The van der Waals surface area contributed by atoms with E-state index in [2.05, 4.69) is 24.5 Å². The second-order valence-corrected chi connectivity index (χ2v) is 8.93. The molecule has 2 aliphatic carbocycles. The standard InChI is InChI=1S/C21H37N3O2/c1-15-7-6-10-19(16(15)2)23-21(26)24-13-11-18(12-14-24)22-20(25)17-8-4-3-5-9-17/h15-19H,3-14H2,1-2H3,(H,22,25)(H,23,26). The van der Waals surface area contributed by atoms with E-state index in [1.54, 1.807) is 0 Å². The van der Waals surface area contributed by atoms with E-state index < -0.39 is 0 Å². The van der Waals surface area contributed by atoms with Gasteiger partial charge in [-0.1, -0.05) is 46.0 Å². The van der Waals surface area contributed by atoms with Gasteiger partial charge in [-0.3, -0.25) is 4.79 Å².